The first-order valence-corrected chi connectivity index (χ1v) is 6.34. The smallest absolute Gasteiger partial charge is 0.154 e. The summed E-state index contributed by atoms with van der Waals surface area (Å²) in [5, 5.41) is 3.02. The zero-order valence-corrected chi connectivity index (χ0v) is 10.1. The van der Waals surface area contributed by atoms with E-state index in [0.717, 1.165) is 23.0 Å². The van der Waals surface area contributed by atoms with E-state index in [9.17, 15) is 0 Å². The Hall–Kier alpha value is -1.47. The summed E-state index contributed by atoms with van der Waals surface area (Å²) in [5.41, 5.74) is 4.69. The minimum absolute atomic E-state index is 0.699. The molecule has 0 radical (unpaired) electrons. The van der Waals surface area contributed by atoms with Crippen LogP contribution in [0.1, 0.15) is 17.5 Å². The Morgan fingerprint density at radius 3 is 2.76 bits per heavy atom. The lowest BCUT2D eigenvalue weighted by Gasteiger charge is -1.98. The van der Waals surface area contributed by atoms with Gasteiger partial charge in [-0.2, -0.15) is 0 Å². The van der Waals surface area contributed by atoms with Crippen molar-refractivity contribution in [3.8, 4) is 0 Å². The predicted octanol–water partition coefficient (Wildman–Crippen LogP) is 4.73. The van der Waals surface area contributed by atoms with Crippen molar-refractivity contribution in [3.05, 3.63) is 46.5 Å². The number of rotatable bonds is 0. The quantitative estimate of drug-likeness (QED) is 0.556. The average Bonchev–Trinajstić information content (AvgIpc) is 2.91. The number of hydrogen-bond acceptors (Lipinski definition) is 1. The molecule has 84 valence electrons. The van der Waals surface area contributed by atoms with Crippen LogP contribution in [0, 0.1) is 0 Å². The largest absolute Gasteiger partial charge is 0.454 e. The first-order chi connectivity index (χ1) is 8.34. The van der Waals surface area contributed by atoms with E-state index in [-0.39, 0.29) is 0 Å². The van der Waals surface area contributed by atoms with E-state index in [0.29, 0.717) is 5.02 Å². The van der Waals surface area contributed by atoms with Crippen LogP contribution in [0.4, 0.5) is 0 Å². The first kappa shape index (κ1) is 9.55. The zero-order chi connectivity index (χ0) is 11.4. The Morgan fingerprint density at radius 1 is 0.941 bits per heavy atom. The second-order valence-electron chi connectivity index (χ2n) is 4.65. The molecule has 1 aromatic heterocycles. The number of para-hydroxylation sites is 1. The van der Waals surface area contributed by atoms with Gasteiger partial charge in [-0.05, 0) is 36.5 Å². The van der Waals surface area contributed by atoms with Gasteiger partial charge in [0.2, 0.25) is 0 Å². The molecular weight excluding hydrogens is 232 g/mol. The van der Waals surface area contributed by atoms with E-state index in [1.54, 1.807) is 0 Å². The second kappa shape index (κ2) is 3.27. The van der Waals surface area contributed by atoms with Crippen LogP contribution in [0.25, 0.3) is 21.9 Å². The number of benzene rings is 2. The van der Waals surface area contributed by atoms with Gasteiger partial charge in [0.25, 0.3) is 0 Å². The number of aryl methyl sites for hydroxylation is 2. The summed E-state index contributed by atoms with van der Waals surface area (Å²) < 4.78 is 5.99. The third kappa shape index (κ3) is 1.20. The summed E-state index contributed by atoms with van der Waals surface area (Å²) in [6.07, 6.45) is 3.54. The van der Waals surface area contributed by atoms with Crippen molar-refractivity contribution in [2.75, 3.05) is 0 Å². The minimum atomic E-state index is 0.699. The fraction of sp³-hybridized carbons (Fsp3) is 0.200. The fourth-order valence-electron chi connectivity index (χ4n) is 2.89. The summed E-state index contributed by atoms with van der Waals surface area (Å²) in [5.74, 6) is 0. The van der Waals surface area contributed by atoms with Gasteiger partial charge in [0.05, 0.1) is 5.02 Å². The predicted molar refractivity (Wildman–Crippen MR) is 70.8 cm³/mol. The first-order valence-electron chi connectivity index (χ1n) is 5.96. The highest BCUT2D eigenvalue weighted by molar-refractivity contribution is 6.35. The van der Waals surface area contributed by atoms with Crippen LogP contribution in [-0.4, -0.2) is 0 Å². The molecule has 0 bridgehead atoms. The van der Waals surface area contributed by atoms with Gasteiger partial charge in [-0.25, -0.2) is 0 Å². The van der Waals surface area contributed by atoms with Crippen LogP contribution in [0.2, 0.25) is 5.02 Å². The maximum absolute atomic E-state index is 6.19. The van der Waals surface area contributed by atoms with Crippen LogP contribution < -0.4 is 0 Å². The summed E-state index contributed by atoms with van der Waals surface area (Å²) in [4.78, 5) is 0. The Kier molecular flexibility index (Phi) is 1.84. The van der Waals surface area contributed by atoms with Crippen molar-refractivity contribution in [1.82, 2.24) is 0 Å². The minimum Gasteiger partial charge on any atom is -0.454 e. The highest BCUT2D eigenvalue weighted by atomic mass is 35.5. The normalized spacial score (nSPS) is 14.6. The van der Waals surface area contributed by atoms with Crippen molar-refractivity contribution < 1.29 is 4.42 Å². The van der Waals surface area contributed by atoms with Crippen LogP contribution in [0.5, 0.6) is 0 Å². The molecule has 2 aromatic carbocycles. The molecule has 0 unspecified atom stereocenters. The van der Waals surface area contributed by atoms with Gasteiger partial charge in [0.15, 0.2) is 5.58 Å². The molecule has 1 aliphatic rings. The summed E-state index contributed by atoms with van der Waals surface area (Å²) >= 11 is 6.19. The number of fused-ring (bicyclic) bond motifs is 5. The molecule has 1 heterocycles. The molecule has 17 heavy (non-hydrogen) atoms. The molecule has 0 N–H and O–H groups in total. The van der Waals surface area contributed by atoms with Crippen molar-refractivity contribution in [3.63, 3.8) is 0 Å². The van der Waals surface area contributed by atoms with E-state index in [1.807, 2.05) is 12.1 Å². The molecule has 3 aromatic rings. The van der Waals surface area contributed by atoms with E-state index in [4.69, 9.17) is 16.0 Å². The van der Waals surface area contributed by atoms with Gasteiger partial charge < -0.3 is 4.42 Å². The van der Waals surface area contributed by atoms with E-state index < -0.39 is 0 Å². The maximum Gasteiger partial charge on any atom is 0.154 e. The Morgan fingerprint density at radius 2 is 1.82 bits per heavy atom. The lowest BCUT2D eigenvalue weighted by molar-refractivity contribution is 0.663. The van der Waals surface area contributed by atoms with Gasteiger partial charge in [0.1, 0.15) is 5.58 Å². The SMILES string of the molecule is Clc1cccc2c1oc1c3c(ccc12)CCC3. The lowest BCUT2D eigenvalue weighted by Crippen LogP contribution is -1.81. The van der Waals surface area contributed by atoms with Crippen LogP contribution in [0.3, 0.4) is 0 Å². The van der Waals surface area contributed by atoms with Gasteiger partial charge in [0, 0.05) is 10.8 Å². The highest BCUT2D eigenvalue weighted by Gasteiger charge is 2.18. The van der Waals surface area contributed by atoms with E-state index >= 15 is 0 Å². The molecule has 0 amide bonds. The monoisotopic (exact) mass is 242 g/mol. The number of hydrogen-bond donors (Lipinski definition) is 0. The van der Waals surface area contributed by atoms with Crippen molar-refractivity contribution in [1.29, 1.82) is 0 Å². The van der Waals surface area contributed by atoms with Crippen molar-refractivity contribution >= 4 is 33.5 Å². The third-order valence-corrected chi connectivity index (χ3v) is 3.99. The Labute approximate surface area is 104 Å². The van der Waals surface area contributed by atoms with Crippen LogP contribution >= 0.6 is 11.6 Å². The topological polar surface area (TPSA) is 13.1 Å². The molecule has 0 atom stereocenters. The number of furan rings is 1. The second-order valence-corrected chi connectivity index (χ2v) is 5.06. The zero-order valence-electron chi connectivity index (χ0n) is 9.29. The standard InChI is InChI=1S/C15H11ClO/c16-13-6-2-5-11-12-8-7-9-3-1-4-10(9)14(12)17-15(11)13/h2,5-8H,1,3-4H2. The molecule has 0 aliphatic heterocycles. The maximum atomic E-state index is 6.19. The highest BCUT2D eigenvalue weighted by Crippen LogP contribution is 2.38. The van der Waals surface area contributed by atoms with Crippen molar-refractivity contribution in [2.24, 2.45) is 0 Å². The van der Waals surface area contributed by atoms with Crippen molar-refractivity contribution in [2.45, 2.75) is 19.3 Å². The lowest BCUT2D eigenvalue weighted by atomic mass is 10.1. The van der Waals surface area contributed by atoms with Gasteiger partial charge >= 0.3 is 0 Å². The fourth-order valence-corrected chi connectivity index (χ4v) is 3.10. The molecular formula is C15H11ClO. The third-order valence-electron chi connectivity index (χ3n) is 3.69. The van der Waals surface area contributed by atoms with Crippen LogP contribution in [0.15, 0.2) is 34.7 Å². The average molecular weight is 243 g/mol. The summed E-state index contributed by atoms with van der Waals surface area (Å²) in [6, 6.07) is 10.3. The van der Waals surface area contributed by atoms with E-state index in [2.05, 4.69) is 18.2 Å². The summed E-state index contributed by atoms with van der Waals surface area (Å²) in [6.45, 7) is 0. The van der Waals surface area contributed by atoms with Gasteiger partial charge in [-0.15, -0.1) is 0 Å². The molecule has 2 heteroatoms. The number of halogens is 1. The molecule has 4 rings (SSSR count). The molecule has 0 fully saturated rings. The van der Waals surface area contributed by atoms with Gasteiger partial charge in [-0.3, -0.25) is 0 Å². The van der Waals surface area contributed by atoms with E-state index in [1.165, 1.54) is 29.4 Å². The Balaban J connectivity index is 2.24. The molecule has 0 saturated heterocycles. The molecule has 0 saturated carbocycles. The molecule has 0 spiro atoms. The Bertz CT molecular complexity index is 739. The molecule has 1 nitrogen and oxygen atoms in total. The van der Waals surface area contributed by atoms with Gasteiger partial charge in [-0.1, -0.05) is 35.9 Å². The van der Waals surface area contributed by atoms with Crippen LogP contribution in [-0.2, 0) is 12.8 Å². The summed E-state index contributed by atoms with van der Waals surface area (Å²) in [7, 11) is 0. The molecule has 1 aliphatic carbocycles.